The van der Waals surface area contributed by atoms with Crippen LogP contribution in [0.1, 0.15) is 45.8 Å². The smallest absolute Gasteiger partial charge is 0.268 e. The van der Waals surface area contributed by atoms with Crippen LogP contribution in [0.3, 0.4) is 0 Å². The predicted molar refractivity (Wildman–Crippen MR) is 147 cm³/mol. The number of aromatic hydroxyl groups is 1. The van der Waals surface area contributed by atoms with Gasteiger partial charge >= 0.3 is 0 Å². The number of phenols is 1. The molecule has 5 N–H and O–H groups in total. The van der Waals surface area contributed by atoms with E-state index in [4.69, 9.17) is 4.74 Å². The summed E-state index contributed by atoms with van der Waals surface area (Å²) in [5.41, 5.74) is 4.60. The van der Waals surface area contributed by atoms with E-state index in [1.807, 2.05) is 48.0 Å². The Morgan fingerprint density at radius 1 is 1.05 bits per heavy atom. The molecule has 0 aliphatic carbocycles. The average Bonchev–Trinajstić information content (AvgIpc) is 3.26. The predicted octanol–water partition coefficient (Wildman–Crippen LogP) is 3.57. The average molecular weight is 518 g/mol. The molecule has 4 rings (SSSR count). The summed E-state index contributed by atoms with van der Waals surface area (Å²) >= 11 is 0. The standard InChI is InChI=1S/C30H35N3O5/c1-19(31-17-28(36)21-9-11-27(35)24(14-21)18-34)12-20-8-10-25-23(13-20)15-26(33(25)2)30(37)32-16-22-6-4-5-7-29(22)38-3/h4-11,13-15,19,28,31,34-36H,12,16-18H2,1-3H3,(H,32,37). The lowest BCUT2D eigenvalue weighted by molar-refractivity contribution is 0.0943. The molecule has 0 saturated heterocycles. The Morgan fingerprint density at radius 2 is 1.84 bits per heavy atom. The van der Waals surface area contributed by atoms with Gasteiger partial charge in [0.05, 0.1) is 19.8 Å². The lowest BCUT2D eigenvalue weighted by atomic mass is 10.0. The van der Waals surface area contributed by atoms with E-state index in [0.717, 1.165) is 34.2 Å². The number of rotatable bonds is 11. The van der Waals surface area contributed by atoms with Crippen molar-refractivity contribution in [1.29, 1.82) is 0 Å². The second-order valence-electron chi connectivity index (χ2n) is 9.55. The van der Waals surface area contributed by atoms with Crippen LogP contribution < -0.4 is 15.4 Å². The van der Waals surface area contributed by atoms with Crippen molar-refractivity contribution in [2.45, 2.75) is 38.6 Å². The van der Waals surface area contributed by atoms with Crippen molar-refractivity contribution in [1.82, 2.24) is 15.2 Å². The molecule has 2 atom stereocenters. The summed E-state index contributed by atoms with van der Waals surface area (Å²) < 4.78 is 7.27. The number of amides is 1. The van der Waals surface area contributed by atoms with E-state index in [-0.39, 0.29) is 24.3 Å². The minimum absolute atomic E-state index is 0.0122. The van der Waals surface area contributed by atoms with Crippen molar-refractivity contribution in [3.8, 4) is 11.5 Å². The maximum absolute atomic E-state index is 13.0. The zero-order valence-corrected chi connectivity index (χ0v) is 21.9. The van der Waals surface area contributed by atoms with E-state index in [9.17, 15) is 20.1 Å². The number of fused-ring (bicyclic) bond motifs is 1. The number of benzene rings is 3. The first-order valence-electron chi connectivity index (χ1n) is 12.6. The first-order chi connectivity index (χ1) is 18.3. The van der Waals surface area contributed by atoms with Crippen LogP contribution in [0.5, 0.6) is 11.5 Å². The summed E-state index contributed by atoms with van der Waals surface area (Å²) in [6.45, 7) is 2.47. The third-order valence-corrected chi connectivity index (χ3v) is 6.83. The first kappa shape index (κ1) is 27.2. The molecule has 0 spiro atoms. The van der Waals surface area contributed by atoms with Crippen molar-refractivity contribution < 1.29 is 24.9 Å². The number of hydrogen-bond donors (Lipinski definition) is 5. The third kappa shape index (κ3) is 6.16. The molecular weight excluding hydrogens is 482 g/mol. The van der Waals surface area contributed by atoms with Gasteiger partial charge in [0.1, 0.15) is 17.2 Å². The van der Waals surface area contributed by atoms with Crippen LogP contribution in [0.25, 0.3) is 10.9 Å². The van der Waals surface area contributed by atoms with E-state index in [1.165, 1.54) is 6.07 Å². The lowest BCUT2D eigenvalue weighted by Crippen LogP contribution is -2.32. The van der Waals surface area contributed by atoms with Crippen LogP contribution in [0.15, 0.2) is 66.7 Å². The highest BCUT2D eigenvalue weighted by Crippen LogP contribution is 2.24. The fourth-order valence-electron chi connectivity index (χ4n) is 4.65. The normalized spacial score (nSPS) is 12.9. The zero-order chi connectivity index (χ0) is 27.2. The quantitative estimate of drug-likeness (QED) is 0.208. The molecule has 2 unspecified atom stereocenters. The van der Waals surface area contributed by atoms with Gasteiger partial charge in [-0.2, -0.15) is 0 Å². The number of para-hydroxylation sites is 1. The molecule has 1 amide bonds. The summed E-state index contributed by atoms with van der Waals surface area (Å²) in [6, 6.07) is 20.5. The molecule has 1 heterocycles. The fourth-order valence-corrected chi connectivity index (χ4v) is 4.65. The molecule has 200 valence electrons. The van der Waals surface area contributed by atoms with E-state index in [0.29, 0.717) is 29.9 Å². The van der Waals surface area contributed by atoms with Gasteiger partial charge in [-0.3, -0.25) is 4.79 Å². The van der Waals surface area contributed by atoms with Gasteiger partial charge in [0.15, 0.2) is 0 Å². The van der Waals surface area contributed by atoms with E-state index < -0.39 is 6.10 Å². The van der Waals surface area contributed by atoms with E-state index in [2.05, 4.69) is 29.7 Å². The number of aromatic nitrogens is 1. The SMILES string of the molecule is COc1ccccc1CNC(=O)c1cc2cc(CC(C)NCC(O)c3ccc(O)c(CO)c3)ccc2n1C. The molecule has 38 heavy (non-hydrogen) atoms. The van der Waals surface area contributed by atoms with Gasteiger partial charge in [-0.05, 0) is 60.9 Å². The minimum atomic E-state index is -0.767. The van der Waals surface area contributed by atoms with Crippen molar-refractivity contribution in [3.05, 3.63) is 94.7 Å². The molecule has 8 nitrogen and oxygen atoms in total. The van der Waals surface area contributed by atoms with Crippen molar-refractivity contribution in [3.63, 3.8) is 0 Å². The van der Waals surface area contributed by atoms with Crippen molar-refractivity contribution in [2.75, 3.05) is 13.7 Å². The largest absolute Gasteiger partial charge is 0.508 e. The number of carbonyl (C=O) groups excluding carboxylic acids is 1. The highest BCUT2D eigenvalue weighted by Gasteiger charge is 2.16. The Bertz CT molecular complexity index is 1410. The molecule has 0 aliphatic heterocycles. The topological polar surface area (TPSA) is 116 Å². The zero-order valence-electron chi connectivity index (χ0n) is 21.9. The Labute approximate surface area is 222 Å². The molecule has 0 saturated carbocycles. The number of carbonyl (C=O) groups is 1. The molecule has 0 fully saturated rings. The highest BCUT2D eigenvalue weighted by atomic mass is 16.5. The Balaban J connectivity index is 1.37. The van der Waals surface area contributed by atoms with Crippen LogP contribution in [-0.2, 0) is 26.6 Å². The summed E-state index contributed by atoms with van der Waals surface area (Å²) in [5, 5.41) is 36.9. The Hall–Kier alpha value is -3.85. The van der Waals surface area contributed by atoms with Crippen LogP contribution in [0.4, 0.5) is 0 Å². The summed E-state index contributed by atoms with van der Waals surface area (Å²) in [6.07, 6.45) is -0.0263. The van der Waals surface area contributed by atoms with Gasteiger partial charge in [-0.25, -0.2) is 0 Å². The molecule has 0 bridgehead atoms. The highest BCUT2D eigenvalue weighted by molar-refractivity contribution is 5.98. The second-order valence-corrected chi connectivity index (χ2v) is 9.55. The van der Waals surface area contributed by atoms with E-state index in [1.54, 1.807) is 19.2 Å². The van der Waals surface area contributed by atoms with Gasteiger partial charge in [-0.1, -0.05) is 30.3 Å². The number of nitrogens with one attached hydrogen (secondary N) is 2. The Kier molecular flexibility index (Phi) is 8.68. The van der Waals surface area contributed by atoms with Gasteiger partial charge in [-0.15, -0.1) is 0 Å². The van der Waals surface area contributed by atoms with Crippen LogP contribution in [-0.4, -0.2) is 45.5 Å². The minimum Gasteiger partial charge on any atom is -0.508 e. The fraction of sp³-hybridized carbons (Fsp3) is 0.300. The molecule has 8 heteroatoms. The Morgan fingerprint density at radius 3 is 2.61 bits per heavy atom. The summed E-state index contributed by atoms with van der Waals surface area (Å²) in [7, 11) is 3.50. The van der Waals surface area contributed by atoms with Gasteiger partial charge in [0, 0.05) is 48.2 Å². The number of aliphatic hydroxyl groups excluding tert-OH is 2. The van der Waals surface area contributed by atoms with Crippen molar-refractivity contribution in [2.24, 2.45) is 7.05 Å². The van der Waals surface area contributed by atoms with Gasteiger partial charge in [0.2, 0.25) is 0 Å². The number of aryl methyl sites for hydroxylation is 1. The number of aliphatic hydroxyl groups is 2. The third-order valence-electron chi connectivity index (χ3n) is 6.83. The lowest BCUT2D eigenvalue weighted by Gasteiger charge is -2.18. The van der Waals surface area contributed by atoms with Crippen LogP contribution in [0, 0.1) is 0 Å². The maximum atomic E-state index is 13.0. The number of methoxy groups -OCH3 is 1. The number of nitrogens with zero attached hydrogens (tertiary/aromatic N) is 1. The van der Waals surface area contributed by atoms with E-state index >= 15 is 0 Å². The summed E-state index contributed by atoms with van der Waals surface area (Å²) in [5.74, 6) is 0.597. The van der Waals surface area contributed by atoms with Gasteiger partial charge in [0.25, 0.3) is 5.91 Å². The number of hydrogen-bond acceptors (Lipinski definition) is 6. The number of ether oxygens (including phenoxy) is 1. The summed E-state index contributed by atoms with van der Waals surface area (Å²) in [4.78, 5) is 13.0. The molecule has 3 aromatic carbocycles. The van der Waals surface area contributed by atoms with Gasteiger partial charge < -0.3 is 35.3 Å². The maximum Gasteiger partial charge on any atom is 0.268 e. The molecule has 0 radical (unpaired) electrons. The van der Waals surface area contributed by atoms with Crippen molar-refractivity contribution >= 4 is 16.8 Å². The molecular formula is C30H35N3O5. The molecule has 0 aliphatic rings. The van der Waals surface area contributed by atoms with Crippen LogP contribution >= 0.6 is 0 Å². The van der Waals surface area contributed by atoms with Crippen LogP contribution in [0.2, 0.25) is 0 Å². The molecule has 1 aromatic heterocycles. The molecule has 4 aromatic rings. The monoisotopic (exact) mass is 517 g/mol. The first-order valence-corrected chi connectivity index (χ1v) is 12.6. The second kappa shape index (κ2) is 12.1.